The second-order valence-corrected chi connectivity index (χ2v) is 4.64. The summed E-state index contributed by atoms with van der Waals surface area (Å²) < 4.78 is 0. The molecule has 0 amide bonds. The van der Waals surface area contributed by atoms with Crippen molar-refractivity contribution in [3.05, 3.63) is 23.8 Å². The van der Waals surface area contributed by atoms with Crippen LogP contribution in [0.1, 0.15) is 13.8 Å². The van der Waals surface area contributed by atoms with Gasteiger partial charge >= 0.3 is 0 Å². The third-order valence-electron chi connectivity index (χ3n) is 4.50. The molecule has 0 aromatic heterocycles. The van der Waals surface area contributed by atoms with Gasteiger partial charge in [0.2, 0.25) is 0 Å². The minimum absolute atomic E-state index is 0.0596. The first-order valence-electron chi connectivity index (χ1n) is 4.51. The largest absolute Gasteiger partial charge is 0.298 e. The molecule has 3 rings (SSSR count). The van der Waals surface area contributed by atoms with E-state index in [1.54, 1.807) is 0 Å². The van der Waals surface area contributed by atoms with Crippen molar-refractivity contribution in [3.63, 3.8) is 0 Å². The van der Waals surface area contributed by atoms with Crippen molar-refractivity contribution in [2.45, 2.75) is 13.8 Å². The van der Waals surface area contributed by atoms with Crippen LogP contribution in [0.25, 0.3) is 0 Å². The van der Waals surface area contributed by atoms with Gasteiger partial charge in [-0.15, -0.1) is 0 Å². The van der Waals surface area contributed by atoms with Crippen molar-refractivity contribution in [1.29, 1.82) is 0 Å². The Kier molecular flexibility index (Phi) is 0.807. The number of carbonyl (C=O) groups excluding carboxylic acids is 1. The van der Waals surface area contributed by atoms with Gasteiger partial charge in [-0.2, -0.15) is 0 Å². The standard InChI is InChI=1S/C11H12O/c1-10-4-3-8-9(11(8,10)2)5-7(10)6-12/h3-6,8-9H,1-2H3. The molecule has 0 heterocycles. The molecule has 0 spiro atoms. The van der Waals surface area contributed by atoms with Crippen molar-refractivity contribution in [3.8, 4) is 0 Å². The molecule has 0 aromatic carbocycles. The van der Waals surface area contributed by atoms with Crippen LogP contribution in [0, 0.1) is 22.7 Å². The highest BCUT2D eigenvalue weighted by Crippen LogP contribution is 2.78. The molecule has 4 atom stereocenters. The lowest BCUT2D eigenvalue weighted by atomic mass is 9.74. The van der Waals surface area contributed by atoms with Gasteiger partial charge in [0.1, 0.15) is 6.29 Å². The fraction of sp³-hybridized carbons (Fsp3) is 0.545. The van der Waals surface area contributed by atoms with E-state index in [1.807, 2.05) is 0 Å². The highest BCUT2D eigenvalue weighted by molar-refractivity contribution is 5.80. The SMILES string of the molecule is CC12C=CC3C(C=C1C=O)C32C. The van der Waals surface area contributed by atoms with Crippen LogP contribution in [0.3, 0.4) is 0 Å². The van der Waals surface area contributed by atoms with Gasteiger partial charge < -0.3 is 0 Å². The molecule has 0 N–H and O–H groups in total. The zero-order chi connectivity index (χ0) is 8.56. The number of aldehydes is 1. The first kappa shape index (κ1) is 6.64. The predicted molar refractivity (Wildman–Crippen MR) is 46.5 cm³/mol. The van der Waals surface area contributed by atoms with E-state index in [0.29, 0.717) is 11.3 Å². The third kappa shape index (κ3) is 0.377. The highest BCUT2D eigenvalue weighted by Gasteiger charge is 2.74. The zero-order valence-electron chi connectivity index (χ0n) is 7.37. The van der Waals surface area contributed by atoms with E-state index in [0.717, 1.165) is 17.8 Å². The van der Waals surface area contributed by atoms with Crippen molar-refractivity contribution in [2.24, 2.45) is 22.7 Å². The summed E-state index contributed by atoms with van der Waals surface area (Å²) in [5.74, 6) is 1.39. The van der Waals surface area contributed by atoms with Gasteiger partial charge in [0, 0.05) is 5.41 Å². The molecule has 3 aliphatic rings. The Morgan fingerprint density at radius 1 is 1.42 bits per heavy atom. The molecule has 0 aliphatic heterocycles. The van der Waals surface area contributed by atoms with Crippen molar-refractivity contribution < 1.29 is 4.79 Å². The van der Waals surface area contributed by atoms with E-state index in [4.69, 9.17) is 0 Å². The van der Waals surface area contributed by atoms with Crippen LogP contribution in [-0.2, 0) is 4.79 Å². The molecule has 0 saturated heterocycles. The third-order valence-corrected chi connectivity index (χ3v) is 4.50. The fourth-order valence-electron chi connectivity index (χ4n) is 3.28. The van der Waals surface area contributed by atoms with Gasteiger partial charge in [0.15, 0.2) is 0 Å². The van der Waals surface area contributed by atoms with Gasteiger partial charge in [-0.3, -0.25) is 4.79 Å². The predicted octanol–water partition coefficient (Wildman–Crippen LogP) is 1.95. The van der Waals surface area contributed by atoms with Crippen LogP contribution in [-0.4, -0.2) is 6.29 Å². The molecule has 1 heteroatoms. The average Bonchev–Trinajstić information content (AvgIpc) is 2.50. The Hall–Kier alpha value is -0.850. The molecule has 1 saturated carbocycles. The monoisotopic (exact) mass is 160 g/mol. The van der Waals surface area contributed by atoms with Gasteiger partial charge in [0.25, 0.3) is 0 Å². The van der Waals surface area contributed by atoms with Crippen LogP contribution >= 0.6 is 0 Å². The number of fused-ring (bicyclic) bond motifs is 1. The maximum atomic E-state index is 10.8. The highest BCUT2D eigenvalue weighted by atomic mass is 16.1. The summed E-state index contributed by atoms with van der Waals surface area (Å²) >= 11 is 0. The Bertz CT molecular complexity index is 339. The topological polar surface area (TPSA) is 17.1 Å². The molecule has 3 aliphatic carbocycles. The van der Waals surface area contributed by atoms with Gasteiger partial charge in [0.05, 0.1) is 0 Å². The minimum atomic E-state index is 0.0596. The quantitative estimate of drug-likeness (QED) is 0.423. The summed E-state index contributed by atoms with van der Waals surface area (Å²) in [5, 5.41) is 0. The summed E-state index contributed by atoms with van der Waals surface area (Å²) in [7, 11) is 0. The molecule has 62 valence electrons. The van der Waals surface area contributed by atoms with Crippen molar-refractivity contribution in [1.82, 2.24) is 0 Å². The Balaban J connectivity index is 2.22. The summed E-state index contributed by atoms with van der Waals surface area (Å²) in [4.78, 5) is 10.8. The average molecular weight is 160 g/mol. The molecular weight excluding hydrogens is 148 g/mol. The van der Waals surface area contributed by atoms with Crippen molar-refractivity contribution >= 4 is 6.29 Å². The molecular formula is C11H12O. The molecule has 1 fully saturated rings. The molecule has 12 heavy (non-hydrogen) atoms. The van der Waals surface area contributed by atoms with Crippen molar-refractivity contribution in [2.75, 3.05) is 0 Å². The van der Waals surface area contributed by atoms with E-state index in [2.05, 4.69) is 32.1 Å². The second-order valence-electron chi connectivity index (χ2n) is 4.64. The summed E-state index contributed by atoms with van der Waals surface area (Å²) in [6.07, 6.45) is 7.72. The van der Waals surface area contributed by atoms with Crippen LogP contribution < -0.4 is 0 Å². The number of hydrogen-bond acceptors (Lipinski definition) is 1. The number of hydrogen-bond donors (Lipinski definition) is 0. The molecule has 4 unspecified atom stereocenters. The van der Waals surface area contributed by atoms with E-state index < -0.39 is 0 Å². The lowest BCUT2D eigenvalue weighted by Gasteiger charge is -2.28. The van der Waals surface area contributed by atoms with Crippen LogP contribution in [0.5, 0.6) is 0 Å². The lowest BCUT2D eigenvalue weighted by Crippen LogP contribution is -2.24. The van der Waals surface area contributed by atoms with Gasteiger partial charge in [-0.1, -0.05) is 32.1 Å². The Morgan fingerprint density at radius 2 is 2.17 bits per heavy atom. The van der Waals surface area contributed by atoms with Gasteiger partial charge in [-0.05, 0) is 22.8 Å². The van der Waals surface area contributed by atoms with Crippen LogP contribution in [0.4, 0.5) is 0 Å². The first-order chi connectivity index (χ1) is 5.64. The van der Waals surface area contributed by atoms with E-state index >= 15 is 0 Å². The minimum Gasteiger partial charge on any atom is -0.298 e. The Labute approximate surface area is 72.2 Å². The molecule has 0 bridgehead atoms. The zero-order valence-corrected chi connectivity index (χ0v) is 7.37. The summed E-state index contributed by atoms with van der Waals surface area (Å²) in [6.45, 7) is 4.49. The first-order valence-corrected chi connectivity index (χ1v) is 4.51. The maximum Gasteiger partial charge on any atom is 0.146 e. The normalized spacial score (nSPS) is 58.3. The smallest absolute Gasteiger partial charge is 0.146 e. The lowest BCUT2D eigenvalue weighted by molar-refractivity contribution is -0.105. The molecule has 0 radical (unpaired) electrons. The molecule has 0 aromatic rings. The fourth-order valence-corrected chi connectivity index (χ4v) is 3.28. The van der Waals surface area contributed by atoms with Crippen LogP contribution in [0.2, 0.25) is 0 Å². The van der Waals surface area contributed by atoms with Crippen LogP contribution in [0.15, 0.2) is 23.8 Å². The Morgan fingerprint density at radius 3 is 2.75 bits per heavy atom. The summed E-state index contributed by atoms with van der Waals surface area (Å²) in [6, 6.07) is 0. The maximum absolute atomic E-state index is 10.8. The number of rotatable bonds is 1. The number of allylic oxidation sites excluding steroid dienone is 4. The van der Waals surface area contributed by atoms with Gasteiger partial charge in [-0.25, -0.2) is 0 Å². The second kappa shape index (κ2) is 1.46. The molecule has 1 nitrogen and oxygen atoms in total. The van der Waals surface area contributed by atoms with E-state index in [1.165, 1.54) is 0 Å². The number of carbonyl (C=O) groups is 1. The van der Waals surface area contributed by atoms with E-state index in [-0.39, 0.29) is 5.41 Å². The summed E-state index contributed by atoms with van der Waals surface area (Å²) in [5.41, 5.74) is 1.42. The van der Waals surface area contributed by atoms with E-state index in [9.17, 15) is 4.79 Å².